The summed E-state index contributed by atoms with van der Waals surface area (Å²) in [6, 6.07) is 1.41. The quantitative estimate of drug-likeness (QED) is 0.248. The second kappa shape index (κ2) is 35.4. The van der Waals surface area contributed by atoms with Crippen molar-refractivity contribution >= 4 is 82.5 Å². The van der Waals surface area contributed by atoms with Gasteiger partial charge in [-0.2, -0.15) is 13.2 Å². The molecular weight excluding hydrogens is 1330 g/mol. The van der Waals surface area contributed by atoms with Crippen LogP contribution < -0.4 is 16.0 Å². The van der Waals surface area contributed by atoms with Gasteiger partial charge in [-0.15, -0.1) is 0 Å². The molecule has 0 aromatic heterocycles. The maximum atomic E-state index is 15.7. The second-order valence-electron chi connectivity index (χ2n) is 29.3. The molecule has 5 aliphatic rings. The van der Waals surface area contributed by atoms with Crippen molar-refractivity contribution in [1.82, 2.24) is 60.0 Å². The molecule has 1 spiro atoms. The van der Waals surface area contributed by atoms with Gasteiger partial charge in [-0.1, -0.05) is 107 Å². The van der Waals surface area contributed by atoms with Crippen LogP contribution in [-0.2, 0) is 76.6 Å². The lowest BCUT2D eigenvalue weighted by Gasteiger charge is -2.42. The maximum Gasteiger partial charge on any atom is 0.417 e. The number of amides is 12. The van der Waals surface area contributed by atoms with E-state index in [1.54, 1.807) is 24.0 Å². The lowest BCUT2D eigenvalue weighted by atomic mass is 9.90. The van der Waals surface area contributed by atoms with Crippen molar-refractivity contribution in [3.8, 4) is 0 Å². The number of aryl methyl sites for hydroxylation is 2. The summed E-state index contributed by atoms with van der Waals surface area (Å²) in [6.07, 6.45) is 1.44. The highest BCUT2D eigenvalue weighted by Gasteiger charge is 2.52. The highest BCUT2D eigenvalue weighted by molar-refractivity contribution is 6.31. The summed E-state index contributed by atoms with van der Waals surface area (Å²) in [5.74, 6) is -9.06. The van der Waals surface area contributed by atoms with Crippen molar-refractivity contribution in [3.63, 3.8) is 0 Å². The van der Waals surface area contributed by atoms with Crippen LogP contribution in [0.25, 0.3) is 0 Å². The van der Waals surface area contributed by atoms with Crippen molar-refractivity contribution in [1.29, 1.82) is 0 Å². The Kier molecular flexibility index (Phi) is 28.2. The van der Waals surface area contributed by atoms with E-state index in [1.807, 2.05) is 39.8 Å². The van der Waals surface area contributed by atoms with Crippen LogP contribution in [0.1, 0.15) is 159 Å². The third kappa shape index (κ3) is 20.1. The van der Waals surface area contributed by atoms with Crippen LogP contribution >= 0.6 is 11.6 Å². The van der Waals surface area contributed by atoms with Crippen LogP contribution in [0.15, 0.2) is 42.5 Å². The smallest absolute Gasteiger partial charge is 0.343 e. The van der Waals surface area contributed by atoms with E-state index < -0.39 is 173 Å². The van der Waals surface area contributed by atoms with Gasteiger partial charge in [0.15, 0.2) is 0 Å². The molecule has 2 aliphatic carbocycles. The number of nitrogens with one attached hydrogen (secondary N) is 3. The van der Waals surface area contributed by atoms with E-state index in [9.17, 15) is 41.9 Å². The number of alkyl halides is 3. The molecule has 2 saturated carbocycles. The van der Waals surface area contributed by atoms with E-state index in [0.29, 0.717) is 70.0 Å². The molecule has 3 heterocycles. The van der Waals surface area contributed by atoms with Crippen LogP contribution in [0.5, 0.6) is 0 Å². The molecule has 2 aromatic carbocycles. The van der Waals surface area contributed by atoms with Gasteiger partial charge in [-0.05, 0) is 125 Å². The fourth-order valence-corrected chi connectivity index (χ4v) is 15.2. The van der Waals surface area contributed by atoms with Crippen LogP contribution in [-0.4, -0.2) is 251 Å². The van der Waals surface area contributed by atoms with E-state index in [0.717, 1.165) is 56.6 Å². The lowest BCUT2D eigenvalue weighted by Crippen LogP contribution is -2.65. The minimum absolute atomic E-state index is 0.0236. The number of halogens is 4. The summed E-state index contributed by atoms with van der Waals surface area (Å²) >= 11 is 6.15. The van der Waals surface area contributed by atoms with E-state index in [1.165, 1.54) is 75.0 Å². The molecule has 7 rings (SSSR count). The zero-order chi connectivity index (χ0) is 74.5. The minimum Gasteiger partial charge on any atom is -0.343 e. The average Bonchev–Trinajstić information content (AvgIpc) is 1.75. The Morgan fingerprint density at radius 2 is 1.23 bits per heavy atom. The predicted molar refractivity (Wildman–Crippen MR) is 373 cm³/mol. The monoisotopic (exact) mass is 1430 g/mol. The Bertz CT molecular complexity index is 3340. The van der Waals surface area contributed by atoms with Gasteiger partial charge in [0.25, 0.3) is 0 Å². The molecule has 5 fully saturated rings. The summed E-state index contributed by atoms with van der Waals surface area (Å²) < 4.78 is 41.6. The van der Waals surface area contributed by atoms with Crippen molar-refractivity contribution in [3.05, 3.63) is 69.7 Å². The second-order valence-corrected chi connectivity index (χ2v) is 29.7. The minimum atomic E-state index is -4.77. The number of likely N-dealkylation sites (tertiary alicyclic amines) is 1. The fourth-order valence-electron chi connectivity index (χ4n) is 14.8. The molecule has 24 nitrogen and oxygen atoms in total. The van der Waals surface area contributed by atoms with E-state index in [-0.39, 0.29) is 63.0 Å². The van der Waals surface area contributed by atoms with E-state index >= 15 is 28.8 Å². The highest BCUT2D eigenvalue weighted by atomic mass is 35.5. The number of carbonyl (C=O) groups is 12. The molecule has 3 saturated heterocycles. The van der Waals surface area contributed by atoms with E-state index in [2.05, 4.69) is 16.0 Å². The van der Waals surface area contributed by atoms with Crippen molar-refractivity contribution in [2.45, 2.75) is 211 Å². The Hall–Kier alpha value is -7.84. The number of rotatable bonds is 11. The summed E-state index contributed by atoms with van der Waals surface area (Å²) in [4.78, 5) is 190. The van der Waals surface area contributed by atoms with Crippen LogP contribution in [0, 0.1) is 24.7 Å². The van der Waals surface area contributed by atoms with Crippen molar-refractivity contribution in [2.24, 2.45) is 17.8 Å². The van der Waals surface area contributed by atoms with Gasteiger partial charge < -0.3 is 60.0 Å². The number of hydrogen-bond donors (Lipinski definition) is 3. The zero-order valence-electron chi connectivity index (χ0n) is 60.9. The number of benzene rings is 2. The van der Waals surface area contributed by atoms with Gasteiger partial charge >= 0.3 is 6.18 Å². The van der Waals surface area contributed by atoms with E-state index in [4.69, 9.17) is 11.6 Å². The topological polar surface area (TPSA) is 270 Å². The third-order valence-corrected chi connectivity index (χ3v) is 21.7. The van der Waals surface area contributed by atoms with Gasteiger partial charge in [0.05, 0.1) is 36.6 Å². The molecule has 2 aromatic rings. The molecule has 101 heavy (non-hydrogen) atoms. The molecule has 8 atom stereocenters. The van der Waals surface area contributed by atoms with Gasteiger partial charge in [0.2, 0.25) is 70.9 Å². The van der Waals surface area contributed by atoms with Crippen molar-refractivity contribution < 1.29 is 70.7 Å². The Morgan fingerprint density at radius 3 is 1.83 bits per heavy atom. The molecule has 28 heteroatoms. The predicted octanol–water partition coefficient (Wildman–Crippen LogP) is 5.61. The first-order valence-electron chi connectivity index (χ1n) is 35.8. The summed E-state index contributed by atoms with van der Waals surface area (Å²) in [5.41, 5.74) is -0.818. The number of fused-ring (bicyclic) bond motifs is 1. The molecule has 1 unspecified atom stereocenters. The third-order valence-electron chi connectivity index (χ3n) is 21.4. The standard InChI is InChI=1S/C73H106ClF3N12O12/c1-13-47(5)62-69(99)83(8)43-60(92)81(6)44-61(93)85(10)56(40-49-27-25-46(4)26-28-49)67(97)82(7)42-58(90)78-53(32-30-48-29-31-51(52(74)39-48)73(75,76)77)66(96)89-37-21-24-54(89)65(95)80-72(33-17-18-34-72)71(101)87(12)63(50-22-15-16-23-50)70(100)86(11)57(68(98)88-35-19-14-20-36-88)41-59(91)84(9)55(38-45(2)3)64(94)79-62/h25-29,31,39,45,47,50,53-57,62-63H,13-24,30,32-38,40-44H2,1-12H3,(H,78,90)(H,79,94)(H,80,95)/t47-,53-,54?,55-,56-,57-,62-,63-/m0/s1. The number of piperidine rings is 1. The zero-order valence-corrected chi connectivity index (χ0v) is 61.7. The van der Waals surface area contributed by atoms with Crippen LogP contribution in [0.4, 0.5) is 13.2 Å². The van der Waals surface area contributed by atoms with Crippen LogP contribution in [0.3, 0.4) is 0 Å². The van der Waals surface area contributed by atoms with Gasteiger partial charge in [-0.25, -0.2) is 0 Å². The van der Waals surface area contributed by atoms with Gasteiger partial charge in [0, 0.05) is 75.4 Å². The first-order valence-corrected chi connectivity index (χ1v) is 36.2. The van der Waals surface area contributed by atoms with Crippen LogP contribution in [0.2, 0.25) is 5.02 Å². The molecule has 558 valence electrons. The Labute approximate surface area is 597 Å². The number of hydrogen-bond acceptors (Lipinski definition) is 12. The van der Waals surface area contributed by atoms with Gasteiger partial charge in [0.1, 0.15) is 47.8 Å². The molecule has 3 aliphatic heterocycles. The Morgan fingerprint density at radius 1 is 0.624 bits per heavy atom. The number of nitrogens with zero attached hydrogens (tertiary/aromatic N) is 9. The largest absolute Gasteiger partial charge is 0.417 e. The maximum absolute atomic E-state index is 15.7. The average molecular weight is 1440 g/mol. The highest BCUT2D eigenvalue weighted by Crippen LogP contribution is 2.38. The summed E-state index contributed by atoms with van der Waals surface area (Å²) in [6.45, 7) is 8.14. The van der Waals surface area contributed by atoms with Crippen molar-refractivity contribution in [2.75, 3.05) is 88.6 Å². The first kappa shape index (κ1) is 80.5. The number of likely N-dealkylation sites (N-methyl/N-ethyl adjacent to an activating group) is 7. The first-order chi connectivity index (χ1) is 47.6. The lowest BCUT2D eigenvalue weighted by molar-refractivity contribution is -0.156. The van der Waals surface area contributed by atoms with Gasteiger partial charge in [-0.3, -0.25) is 57.5 Å². The SMILES string of the molecule is CC[C@H](C)[C@@H]1NC(=O)[C@H](CC(C)C)N(C)C(=O)C[C@@H](C(=O)N2CCCCC2)N(C)C(=O)[C@H](C2CCCC2)N(C)C(=O)C2(CCCC2)NC(=O)C2CCCN2C(=O)[C@H](CCc2ccc(C(F)(F)F)c(Cl)c2)NC(=O)CN(C)C(=O)[C@H](Cc2ccc(C)cc2)N(C)C(=O)CN(C)C(=O)CN(C)C1=O. The fraction of sp³-hybridized carbons (Fsp3) is 0.671. The summed E-state index contributed by atoms with van der Waals surface area (Å²) in [5, 5.41) is 8.12. The normalized spacial score (nSPS) is 25.5. The molecule has 0 radical (unpaired) electrons. The Balaban J connectivity index is 1.29. The molecule has 12 amide bonds. The molecular formula is C73H106ClF3N12O12. The molecule has 0 bridgehead atoms. The molecule has 3 N–H and O–H groups in total. The summed E-state index contributed by atoms with van der Waals surface area (Å²) in [7, 11) is 9.83. The number of carbonyl (C=O) groups excluding carboxylic acids is 12.